The molecule has 1 heterocycles. The number of carbonyl (C=O) groups excluding carboxylic acids is 1. The molecule has 0 unspecified atom stereocenters. The van der Waals surface area contributed by atoms with E-state index in [-0.39, 0.29) is 11.9 Å². The molecular formula is C28H31N3O. The maximum absolute atomic E-state index is 13.4. The average molecular weight is 426 g/mol. The highest BCUT2D eigenvalue weighted by Gasteiger charge is 2.33. The summed E-state index contributed by atoms with van der Waals surface area (Å²) in [6.07, 6.45) is 0.723. The maximum atomic E-state index is 13.4. The molecular weight excluding hydrogens is 394 g/mol. The number of benzene rings is 3. The van der Waals surface area contributed by atoms with Crippen molar-refractivity contribution < 1.29 is 4.79 Å². The summed E-state index contributed by atoms with van der Waals surface area (Å²) in [7, 11) is 1.98. The minimum Gasteiger partial charge on any atom is -0.293 e. The van der Waals surface area contributed by atoms with Gasteiger partial charge in [-0.2, -0.15) is 5.10 Å². The largest absolute Gasteiger partial charge is 0.293 e. The molecule has 4 rings (SSSR count). The van der Waals surface area contributed by atoms with E-state index in [1.807, 2.05) is 25.2 Å². The van der Waals surface area contributed by atoms with Gasteiger partial charge in [-0.3, -0.25) is 9.69 Å². The van der Waals surface area contributed by atoms with Gasteiger partial charge in [0.25, 0.3) is 5.91 Å². The molecule has 0 saturated heterocycles. The molecule has 4 nitrogen and oxygen atoms in total. The summed E-state index contributed by atoms with van der Waals surface area (Å²) in [5.41, 5.74) is 8.06. The lowest BCUT2D eigenvalue weighted by atomic mass is 9.95. The fourth-order valence-electron chi connectivity index (χ4n) is 4.34. The Hall–Kier alpha value is -3.24. The van der Waals surface area contributed by atoms with Crippen LogP contribution in [0.4, 0.5) is 0 Å². The predicted molar refractivity (Wildman–Crippen MR) is 131 cm³/mol. The first-order valence-electron chi connectivity index (χ1n) is 11.2. The van der Waals surface area contributed by atoms with Gasteiger partial charge in [0.15, 0.2) is 0 Å². The minimum absolute atomic E-state index is 0.0220. The molecule has 1 atom stereocenters. The third-order valence-electron chi connectivity index (χ3n) is 6.02. The van der Waals surface area contributed by atoms with E-state index in [0.29, 0.717) is 6.54 Å². The molecule has 1 aliphatic rings. The first-order chi connectivity index (χ1) is 15.4. The van der Waals surface area contributed by atoms with Crippen LogP contribution in [0.1, 0.15) is 45.8 Å². The van der Waals surface area contributed by atoms with Gasteiger partial charge in [-0.25, -0.2) is 5.01 Å². The highest BCUT2D eigenvalue weighted by atomic mass is 16.2. The van der Waals surface area contributed by atoms with Crippen molar-refractivity contribution in [2.75, 3.05) is 13.6 Å². The highest BCUT2D eigenvalue weighted by molar-refractivity contribution is 6.04. The normalized spacial score (nSPS) is 15.8. The molecule has 3 aromatic rings. The van der Waals surface area contributed by atoms with Gasteiger partial charge in [-0.05, 0) is 44.5 Å². The zero-order valence-electron chi connectivity index (χ0n) is 19.4. The summed E-state index contributed by atoms with van der Waals surface area (Å²) in [5.74, 6) is 0.0220. The van der Waals surface area contributed by atoms with Crippen molar-refractivity contribution in [3.63, 3.8) is 0 Å². The molecule has 0 aliphatic carbocycles. The molecule has 164 valence electrons. The van der Waals surface area contributed by atoms with Crippen molar-refractivity contribution in [3.05, 3.63) is 106 Å². The second kappa shape index (κ2) is 9.49. The van der Waals surface area contributed by atoms with Crippen LogP contribution < -0.4 is 0 Å². The number of rotatable bonds is 6. The first-order valence-corrected chi connectivity index (χ1v) is 11.2. The minimum atomic E-state index is -0.0797. The van der Waals surface area contributed by atoms with Crippen molar-refractivity contribution >= 4 is 11.6 Å². The summed E-state index contributed by atoms with van der Waals surface area (Å²) >= 11 is 0. The Morgan fingerprint density at radius 3 is 2.34 bits per heavy atom. The van der Waals surface area contributed by atoms with Crippen LogP contribution in [0.5, 0.6) is 0 Å². The third kappa shape index (κ3) is 4.97. The summed E-state index contributed by atoms with van der Waals surface area (Å²) in [5, 5.41) is 6.57. The molecule has 0 radical (unpaired) electrons. The van der Waals surface area contributed by atoms with E-state index in [9.17, 15) is 4.79 Å². The quantitative estimate of drug-likeness (QED) is 0.529. The SMILES string of the molecule is Cc1ccc([C@H]2CC(c3ccc(C)cc3C)=NN2C(=O)CN(C)Cc2ccccc2)cc1. The van der Waals surface area contributed by atoms with Crippen molar-refractivity contribution in [3.8, 4) is 0 Å². The molecule has 0 saturated carbocycles. The van der Waals surface area contributed by atoms with E-state index < -0.39 is 0 Å². The van der Waals surface area contributed by atoms with Crippen LogP contribution in [0.15, 0.2) is 77.9 Å². The predicted octanol–water partition coefficient (Wildman–Crippen LogP) is 5.42. The lowest BCUT2D eigenvalue weighted by molar-refractivity contribution is -0.134. The summed E-state index contributed by atoms with van der Waals surface area (Å²) in [6.45, 7) is 7.34. The van der Waals surface area contributed by atoms with Crippen molar-refractivity contribution in [2.24, 2.45) is 5.10 Å². The molecule has 0 fully saturated rings. The molecule has 1 aliphatic heterocycles. The van der Waals surface area contributed by atoms with Gasteiger partial charge < -0.3 is 0 Å². The van der Waals surface area contributed by atoms with Crippen molar-refractivity contribution in [1.82, 2.24) is 9.91 Å². The van der Waals surface area contributed by atoms with Crippen LogP contribution in [0.2, 0.25) is 0 Å². The van der Waals surface area contributed by atoms with Crippen LogP contribution in [-0.4, -0.2) is 35.1 Å². The molecule has 4 heteroatoms. The molecule has 0 bridgehead atoms. The number of amides is 1. The van der Waals surface area contributed by atoms with Crippen LogP contribution in [0.25, 0.3) is 0 Å². The Balaban J connectivity index is 1.59. The lowest BCUT2D eigenvalue weighted by Gasteiger charge is -2.25. The molecule has 3 aromatic carbocycles. The number of hydrogen-bond donors (Lipinski definition) is 0. The lowest BCUT2D eigenvalue weighted by Crippen LogP contribution is -2.36. The number of likely N-dealkylation sites (N-methyl/N-ethyl adjacent to an activating group) is 1. The Kier molecular flexibility index (Phi) is 6.52. The molecule has 0 spiro atoms. The fraction of sp³-hybridized carbons (Fsp3) is 0.286. The summed E-state index contributed by atoms with van der Waals surface area (Å²) in [4.78, 5) is 15.4. The Bertz CT molecular complexity index is 1120. The van der Waals surface area contributed by atoms with Crippen molar-refractivity contribution in [1.29, 1.82) is 0 Å². The summed E-state index contributed by atoms with van der Waals surface area (Å²) in [6, 6.07) is 25.0. The van der Waals surface area contributed by atoms with Gasteiger partial charge >= 0.3 is 0 Å². The Labute approximate surface area is 191 Å². The number of hydrogen-bond acceptors (Lipinski definition) is 3. The van der Waals surface area contributed by atoms with Crippen LogP contribution in [0, 0.1) is 20.8 Å². The van der Waals surface area contributed by atoms with E-state index in [1.165, 1.54) is 22.3 Å². The number of hydrazone groups is 1. The first kappa shape index (κ1) is 22.0. The van der Waals surface area contributed by atoms with E-state index >= 15 is 0 Å². The van der Waals surface area contributed by atoms with Crippen molar-refractivity contribution in [2.45, 2.75) is 39.8 Å². The van der Waals surface area contributed by atoms with Crippen LogP contribution in [-0.2, 0) is 11.3 Å². The number of nitrogens with zero attached hydrogens (tertiary/aromatic N) is 3. The van der Waals surface area contributed by atoms with Gasteiger partial charge in [-0.1, -0.05) is 83.9 Å². The summed E-state index contributed by atoms with van der Waals surface area (Å²) < 4.78 is 0. The third-order valence-corrected chi connectivity index (χ3v) is 6.02. The Morgan fingerprint density at radius 1 is 0.969 bits per heavy atom. The second-order valence-corrected chi connectivity index (χ2v) is 8.89. The van der Waals surface area contributed by atoms with Gasteiger partial charge in [-0.15, -0.1) is 0 Å². The zero-order chi connectivity index (χ0) is 22.7. The van der Waals surface area contributed by atoms with Gasteiger partial charge in [0.2, 0.25) is 0 Å². The monoisotopic (exact) mass is 425 g/mol. The number of aryl methyl sites for hydroxylation is 3. The average Bonchev–Trinajstić information content (AvgIpc) is 3.20. The van der Waals surface area contributed by atoms with E-state index in [0.717, 1.165) is 29.8 Å². The second-order valence-electron chi connectivity index (χ2n) is 8.89. The van der Waals surface area contributed by atoms with Gasteiger partial charge in [0.05, 0.1) is 18.3 Å². The van der Waals surface area contributed by atoms with Crippen LogP contribution in [0.3, 0.4) is 0 Å². The van der Waals surface area contributed by atoms with Gasteiger partial charge in [0, 0.05) is 18.5 Å². The van der Waals surface area contributed by atoms with E-state index in [2.05, 4.69) is 80.3 Å². The zero-order valence-corrected chi connectivity index (χ0v) is 19.4. The Morgan fingerprint density at radius 2 is 1.66 bits per heavy atom. The number of carbonyl (C=O) groups is 1. The fourth-order valence-corrected chi connectivity index (χ4v) is 4.34. The maximum Gasteiger partial charge on any atom is 0.257 e. The van der Waals surface area contributed by atoms with E-state index in [1.54, 1.807) is 5.01 Å². The molecule has 0 aromatic heterocycles. The van der Waals surface area contributed by atoms with E-state index in [4.69, 9.17) is 5.10 Å². The standard InChI is InChI=1S/C28H31N3O/c1-20-10-13-24(14-11-20)27-17-26(25-15-12-21(2)16-22(25)3)29-31(27)28(32)19-30(4)18-23-8-6-5-7-9-23/h5-16,27H,17-19H2,1-4H3/t27-/m1/s1. The smallest absolute Gasteiger partial charge is 0.257 e. The topological polar surface area (TPSA) is 35.9 Å². The molecule has 32 heavy (non-hydrogen) atoms. The van der Waals surface area contributed by atoms with Gasteiger partial charge in [0.1, 0.15) is 0 Å². The highest BCUT2D eigenvalue weighted by Crippen LogP contribution is 2.34. The molecule has 0 N–H and O–H groups in total. The molecule has 1 amide bonds. The van der Waals surface area contributed by atoms with Crippen LogP contribution >= 0.6 is 0 Å².